The Balaban J connectivity index is 2.04. The van der Waals surface area contributed by atoms with E-state index in [-0.39, 0.29) is 0 Å². The molecule has 5 atom stereocenters. The number of allylic oxidation sites excluding steroid dienone is 2. The van der Waals surface area contributed by atoms with Crippen LogP contribution >= 0.6 is 0 Å². The van der Waals surface area contributed by atoms with Crippen molar-refractivity contribution in [3.8, 4) is 0 Å². The Morgan fingerprint density at radius 3 is 2.53 bits per heavy atom. The van der Waals surface area contributed by atoms with Crippen LogP contribution in [0, 0.1) is 0 Å². The first kappa shape index (κ1) is 14.0. The van der Waals surface area contributed by atoms with E-state index in [2.05, 4.69) is 0 Å². The van der Waals surface area contributed by atoms with Crippen LogP contribution in [0.25, 0.3) is 0 Å². The number of hydroxylamine groups is 2. The number of hydrogen-bond acceptors (Lipinski definition) is 7. The van der Waals surface area contributed by atoms with Crippen LogP contribution in [0.1, 0.15) is 0 Å². The van der Waals surface area contributed by atoms with E-state index in [0.717, 1.165) is 0 Å². The molecule has 2 aliphatic rings. The van der Waals surface area contributed by atoms with Gasteiger partial charge in [-0.3, -0.25) is 5.06 Å². The molecule has 2 heterocycles. The predicted octanol–water partition coefficient (Wildman–Crippen LogP) is -1.80. The monoisotopic (exact) mass is 273 g/mol. The molecular weight excluding hydrogens is 258 g/mol. The minimum absolute atomic E-state index is 0.388. The number of carbonyl (C=O) groups is 1. The van der Waals surface area contributed by atoms with Crippen molar-refractivity contribution in [2.75, 3.05) is 6.54 Å². The van der Waals surface area contributed by atoms with E-state index in [1.807, 2.05) is 0 Å². The number of aliphatic hydroxyl groups excluding tert-OH is 3. The zero-order chi connectivity index (χ0) is 14.0. The summed E-state index contributed by atoms with van der Waals surface area (Å²) in [6.07, 6.45) is -1.17. The van der Waals surface area contributed by atoms with Crippen LogP contribution in [-0.2, 0) is 14.4 Å². The van der Waals surface area contributed by atoms with E-state index >= 15 is 0 Å². The Kier molecular flexibility index (Phi) is 4.17. The van der Waals surface area contributed by atoms with Gasteiger partial charge in [0.1, 0.15) is 18.3 Å². The minimum atomic E-state index is -1.72. The van der Waals surface area contributed by atoms with Crippen molar-refractivity contribution in [1.29, 1.82) is 0 Å². The van der Waals surface area contributed by atoms with Crippen LogP contribution in [0.2, 0.25) is 0 Å². The van der Waals surface area contributed by atoms with Crippen molar-refractivity contribution in [1.82, 2.24) is 5.06 Å². The summed E-state index contributed by atoms with van der Waals surface area (Å²) in [6.45, 7) is 0.388. The molecule has 2 rings (SSSR count). The third-order valence-corrected chi connectivity index (χ3v) is 2.84. The Labute approximate surface area is 108 Å². The molecule has 106 valence electrons. The fraction of sp³-hybridized carbons (Fsp3) is 0.545. The van der Waals surface area contributed by atoms with Gasteiger partial charge in [0.15, 0.2) is 6.10 Å². The van der Waals surface area contributed by atoms with E-state index in [1.165, 1.54) is 5.06 Å². The Bertz CT molecular complexity index is 397. The summed E-state index contributed by atoms with van der Waals surface area (Å²) in [7, 11) is 0. The minimum Gasteiger partial charge on any atom is -0.479 e. The molecule has 0 saturated carbocycles. The molecule has 19 heavy (non-hydrogen) atoms. The van der Waals surface area contributed by atoms with E-state index in [9.17, 15) is 20.1 Å². The molecule has 0 aromatic carbocycles. The molecule has 0 bridgehead atoms. The molecular formula is C11H15NO7. The van der Waals surface area contributed by atoms with Crippen LogP contribution < -0.4 is 0 Å². The topological polar surface area (TPSA) is 120 Å². The van der Waals surface area contributed by atoms with Crippen LogP contribution in [0.3, 0.4) is 0 Å². The first-order valence-electron chi connectivity index (χ1n) is 5.70. The fourth-order valence-corrected chi connectivity index (χ4v) is 1.80. The maximum Gasteiger partial charge on any atom is 0.335 e. The first-order valence-corrected chi connectivity index (χ1v) is 5.70. The lowest BCUT2D eigenvalue weighted by Crippen LogP contribution is -2.61. The van der Waals surface area contributed by atoms with Gasteiger partial charge in [0, 0.05) is 6.20 Å². The lowest BCUT2D eigenvalue weighted by Gasteiger charge is -2.39. The molecule has 0 spiro atoms. The largest absolute Gasteiger partial charge is 0.479 e. The van der Waals surface area contributed by atoms with Gasteiger partial charge in [-0.1, -0.05) is 12.2 Å². The number of ether oxygens (including phenoxy) is 1. The first-order chi connectivity index (χ1) is 9.00. The van der Waals surface area contributed by atoms with Crippen molar-refractivity contribution < 1.29 is 34.8 Å². The maximum atomic E-state index is 10.9. The van der Waals surface area contributed by atoms with Gasteiger partial charge in [0.05, 0.1) is 6.54 Å². The summed E-state index contributed by atoms with van der Waals surface area (Å²) in [5.41, 5.74) is 0. The molecule has 0 amide bonds. The highest BCUT2D eigenvalue weighted by atomic mass is 16.8. The number of aliphatic hydroxyl groups is 3. The maximum absolute atomic E-state index is 10.9. The molecule has 0 aromatic heterocycles. The van der Waals surface area contributed by atoms with Crippen LogP contribution in [0.15, 0.2) is 24.4 Å². The van der Waals surface area contributed by atoms with Crippen molar-refractivity contribution in [2.45, 2.75) is 30.7 Å². The van der Waals surface area contributed by atoms with E-state index in [1.54, 1.807) is 24.4 Å². The lowest BCUT2D eigenvalue weighted by molar-refractivity contribution is -0.344. The highest BCUT2D eigenvalue weighted by Crippen LogP contribution is 2.23. The zero-order valence-electron chi connectivity index (χ0n) is 9.86. The second-order valence-corrected chi connectivity index (χ2v) is 4.21. The van der Waals surface area contributed by atoms with Gasteiger partial charge in [-0.05, 0) is 6.08 Å². The average molecular weight is 273 g/mol. The normalized spacial score (nSPS) is 38.5. The lowest BCUT2D eigenvalue weighted by atomic mass is 9.99. The van der Waals surface area contributed by atoms with E-state index in [4.69, 9.17) is 14.7 Å². The molecule has 8 heteroatoms. The Morgan fingerprint density at radius 1 is 1.21 bits per heavy atom. The number of carboxylic acid groups (broad SMARTS) is 1. The van der Waals surface area contributed by atoms with Crippen LogP contribution in [0.4, 0.5) is 0 Å². The van der Waals surface area contributed by atoms with E-state index < -0.39 is 36.7 Å². The third-order valence-electron chi connectivity index (χ3n) is 2.84. The quantitative estimate of drug-likeness (QED) is 0.475. The molecule has 2 aliphatic heterocycles. The molecule has 0 aromatic rings. The van der Waals surface area contributed by atoms with Gasteiger partial charge < -0.3 is 25.2 Å². The smallest absolute Gasteiger partial charge is 0.335 e. The zero-order valence-corrected chi connectivity index (χ0v) is 9.86. The highest BCUT2D eigenvalue weighted by molar-refractivity contribution is 5.73. The molecule has 0 radical (unpaired) electrons. The standard InChI is InChI=1S/C11H15NO7/c13-6-7(14)9(10(16)17)18-11(8(6)15)19-12-4-2-1-3-5-12/h1-4,6-9,11,13-15H,5H2,(H,16,17)/t6-,7-,8+,9-,11?/m0/s1. The number of nitrogens with zero attached hydrogens (tertiary/aromatic N) is 1. The van der Waals surface area contributed by atoms with Gasteiger partial charge in [0.25, 0.3) is 0 Å². The number of hydrogen-bond donors (Lipinski definition) is 4. The summed E-state index contributed by atoms with van der Waals surface area (Å²) in [4.78, 5) is 16.1. The van der Waals surface area contributed by atoms with Crippen LogP contribution in [0.5, 0.6) is 0 Å². The van der Waals surface area contributed by atoms with Gasteiger partial charge in [-0.2, -0.15) is 0 Å². The predicted molar refractivity (Wildman–Crippen MR) is 60.4 cm³/mol. The molecule has 1 fully saturated rings. The SMILES string of the molecule is O=C(O)[C@H]1OC(ON2C=CC=CC2)[C@H](O)[C@@H](O)[C@@H]1O. The Hall–Kier alpha value is -1.45. The molecule has 8 nitrogen and oxygen atoms in total. The van der Waals surface area contributed by atoms with Gasteiger partial charge in [-0.25, -0.2) is 9.63 Å². The van der Waals surface area contributed by atoms with Crippen LogP contribution in [-0.4, -0.2) is 68.7 Å². The Morgan fingerprint density at radius 2 is 1.95 bits per heavy atom. The van der Waals surface area contributed by atoms with E-state index in [0.29, 0.717) is 6.54 Å². The van der Waals surface area contributed by atoms with Gasteiger partial charge in [-0.15, -0.1) is 0 Å². The average Bonchev–Trinajstić information content (AvgIpc) is 2.40. The van der Waals surface area contributed by atoms with Gasteiger partial charge >= 0.3 is 5.97 Å². The third kappa shape index (κ3) is 2.94. The summed E-state index contributed by atoms with van der Waals surface area (Å²) in [5, 5.41) is 39.0. The summed E-state index contributed by atoms with van der Waals surface area (Å²) >= 11 is 0. The fourth-order valence-electron chi connectivity index (χ4n) is 1.80. The summed E-state index contributed by atoms with van der Waals surface area (Å²) < 4.78 is 4.96. The molecule has 0 aliphatic carbocycles. The summed E-state index contributed by atoms with van der Waals surface area (Å²) in [6, 6.07) is 0. The number of carboxylic acids is 1. The molecule has 1 unspecified atom stereocenters. The second kappa shape index (κ2) is 5.68. The molecule has 4 N–H and O–H groups in total. The highest BCUT2D eigenvalue weighted by Gasteiger charge is 2.48. The number of rotatable bonds is 3. The van der Waals surface area contributed by atoms with Crippen molar-refractivity contribution in [3.63, 3.8) is 0 Å². The second-order valence-electron chi connectivity index (χ2n) is 4.21. The van der Waals surface area contributed by atoms with Crippen molar-refractivity contribution >= 4 is 5.97 Å². The van der Waals surface area contributed by atoms with Gasteiger partial charge in [0.2, 0.25) is 6.29 Å². The van der Waals surface area contributed by atoms with Crippen molar-refractivity contribution in [2.24, 2.45) is 0 Å². The van der Waals surface area contributed by atoms with Crippen molar-refractivity contribution in [3.05, 3.63) is 24.4 Å². The molecule has 1 saturated heterocycles. The number of aliphatic carboxylic acids is 1. The summed E-state index contributed by atoms with van der Waals surface area (Å²) in [5.74, 6) is -1.44.